The highest BCUT2D eigenvalue weighted by Gasteiger charge is 2.35. The zero-order valence-corrected chi connectivity index (χ0v) is 18.8. The fourth-order valence-corrected chi connectivity index (χ4v) is 3.09. The van der Waals surface area contributed by atoms with Gasteiger partial charge in [-0.05, 0) is 30.3 Å². The van der Waals surface area contributed by atoms with E-state index in [1.54, 1.807) is 60.7 Å². The van der Waals surface area contributed by atoms with Crippen molar-refractivity contribution in [2.24, 2.45) is 0 Å². The first-order valence-corrected chi connectivity index (χ1v) is 10.4. The Labute approximate surface area is 199 Å². The van der Waals surface area contributed by atoms with Gasteiger partial charge in [0.2, 0.25) is 0 Å². The molecule has 0 bridgehead atoms. The Morgan fingerprint density at radius 2 is 1.62 bits per heavy atom. The van der Waals surface area contributed by atoms with Crippen molar-refractivity contribution in [2.45, 2.75) is 12.8 Å². The van der Waals surface area contributed by atoms with E-state index in [9.17, 15) is 18.0 Å². The molecule has 0 spiro atoms. The lowest BCUT2D eigenvalue weighted by Gasteiger charge is -2.11. The molecule has 0 aliphatic heterocycles. The van der Waals surface area contributed by atoms with Crippen LogP contribution >= 0.6 is 11.6 Å². The number of rotatable bonds is 6. The summed E-state index contributed by atoms with van der Waals surface area (Å²) in [6, 6.07) is 23.4. The van der Waals surface area contributed by atoms with E-state index in [1.165, 1.54) is 7.11 Å². The van der Waals surface area contributed by atoms with Crippen LogP contribution in [-0.4, -0.2) is 23.2 Å². The van der Waals surface area contributed by atoms with Gasteiger partial charge in [0.05, 0.1) is 23.5 Å². The van der Waals surface area contributed by atoms with Crippen molar-refractivity contribution < 1.29 is 27.4 Å². The Kier molecular flexibility index (Phi) is 8.32. The van der Waals surface area contributed by atoms with Crippen LogP contribution < -0.4 is 9.47 Å². The van der Waals surface area contributed by atoms with Gasteiger partial charge in [-0.3, -0.25) is 4.79 Å². The van der Waals surface area contributed by atoms with Gasteiger partial charge in [-0.2, -0.15) is 18.3 Å². The highest BCUT2D eigenvalue weighted by molar-refractivity contribution is 6.32. The normalized spacial score (nSPS) is 10.7. The van der Waals surface area contributed by atoms with Crippen LogP contribution in [0.2, 0.25) is 5.02 Å². The molecule has 0 radical (unpaired) electrons. The summed E-state index contributed by atoms with van der Waals surface area (Å²) in [5, 5.41) is 3.95. The van der Waals surface area contributed by atoms with Crippen LogP contribution in [0.25, 0.3) is 5.69 Å². The van der Waals surface area contributed by atoms with E-state index in [1.807, 2.05) is 18.2 Å². The van der Waals surface area contributed by atoms with Crippen LogP contribution in [0.15, 0.2) is 84.9 Å². The molecule has 0 aliphatic rings. The maximum atomic E-state index is 13.1. The molecule has 176 valence electrons. The number of benzene rings is 3. The lowest BCUT2D eigenvalue weighted by atomic mass is 10.2. The van der Waals surface area contributed by atoms with Gasteiger partial charge in [0.1, 0.15) is 24.4 Å². The van der Waals surface area contributed by atoms with Crippen molar-refractivity contribution in [3.05, 3.63) is 107 Å². The number of halogens is 4. The minimum absolute atomic E-state index is 0.124. The summed E-state index contributed by atoms with van der Waals surface area (Å²) in [6.07, 6.45) is -3.74. The van der Waals surface area contributed by atoms with Gasteiger partial charge in [0, 0.05) is 11.6 Å². The van der Waals surface area contributed by atoms with Gasteiger partial charge in [-0.1, -0.05) is 60.1 Å². The van der Waals surface area contributed by atoms with E-state index < -0.39 is 11.9 Å². The summed E-state index contributed by atoms with van der Waals surface area (Å²) in [5.41, 5.74) is 0.274. The SMILES string of the molecule is COc1cccc(OCc2cc(C(F)(F)F)nn2-c2ccccc2Cl)c1.O=Cc1ccccc1. The second-order valence-corrected chi connectivity index (χ2v) is 7.29. The average molecular weight is 489 g/mol. The van der Waals surface area contributed by atoms with E-state index in [-0.39, 0.29) is 17.3 Å². The van der Waals surface area contributed by atoms with E-state index in [4.69, 9.17) is 21.1 Å². The topological polar surface area (TPSA) is 53.4 Å². The minimum Gasteiger partial charge on any atom is -0.497 e. The first-order chi connectivity index (χ1) is 16.3. The largest absolute Gasteiger partial charge is 0.497 e. The molecule has 1 aromatic heterocycles. The van der Waals surface area contributed by atoms with Crippen molar-refractivity contribution in [3.63, 3.8) is 0 Å². The highest BCUT2D eigenvalue weighted by atomic mass is 35.5. The molecule has 4 aromatic rings. The molecule has 3 aromatic carbocycles. The summed E-state index contributed by atoms with van der Waals surface area (Å²) in [6.45, 7) is -0.124. The van der Waals surface area contributed by atoms with Crippen LogP contribution in [0, 0.1) is 0 Å². The summed E-state index contributed by atoms with van der Waals surface area (Å²) >= 11 is 6.11. The van der Waals surface area contributed by atoms with Crippen LogP contribution in [0.4, 0.5) is 13.2 Å². The van der Waals surface area contributed by atoms with Gasteiger partial charge < -0.3 is 9.47 Å². The number of carbonyl (C=O) groups excluding carboxylic acids is 1. The van der Waals surface area contributed by atoms with Gasteiger partial charge in [-0.15, -0.1) is 0 Å². The van der Waals surface area contributed by atoms with Gasteiger partial charge in [-0.25, -0.2) is 4.68 Å². The minimum atomic E-state index is -4.57. The van der Waals surface area contributed by atoms with Crippen molar-refractivity contribution in [1.82, 2.24) is 9.78 Å². The molecular formula is C25H20ClF3N2O3. The number of hydrogen-bond acceptors (Lipinski definition) is 4. The molecule has 34 heavy (non-hydrogen) atoms. The lowest BCUT2D eigenvalue weighted by molar-refractivity contribution is -0.141. The zero-order valence-electron chi connectivity index (χ0n) is 18.0. The molecule has 5 nitrogen and oxygen atoms in total. The van der Waals surface area contributed by atoms with Crippen molar-refractivity contribution in [3.8, 4) is 17.2 Å². The Balaban J connectivity index is 0.000000343. The summed E-state index contributed by atoms with van der Waals surface area (Å²) in [7, 11) is 1.52. The number of aldehydes is 1. The Bertz CT molecular complexity index is 1230. The van der Waals surface area contributed by atoms with Crippen molar-refractivity contribution >= 4 is 17.9 Å². The number of alkyl halides is 3. The molecule has 0 saturated carbocycles. The molecule has 9 heteroatoms. The highest BCUT2D eigenvalue weighted by Crippen LogP contribution is 2.31. The van der Waals surface area contributed by atoms with Crippen LogP contribution in [-0.2, 0) is 12.8 Å². The van der Waals surface area contributed by atoms with Crippen LogP contribution in [0.1, 0.15) is 21.7 Å². The number of carbonyl (C=O) groups is 1. The van der Waals surface area contributed by atoms with E-state index in [0.29, 0.717) is 17.2 Å². The smallest absolute Gasteiger partial charge is 0.435 e. The lowest BCUT2D eigenvalue weighted by Crippen LogP contribution is -2.08. The molecule has 0 aliphatic carbocycles. The predicted octanol–water partition coefficient (Wildman–Crippen LogP) is 6.63. The number of aromatic nitrogens is 2. The Hall–Kier alpha value is -3.78. The second-order valence-electron chi connectivity index (χ2n) is 6.88. The molecule has 0 fully saturated rings. The van der Waals surface area contributed by atoms with E-state index >= 15 is 0 Å². The van der Waals surface area contributed by atoms with Crippen LogP contribution in [0.3, 0.4) is 0 Å². The fraction of sp³-hybridized carbons (Fsp3) is 0.120. The van der Waals surface area contributed by atoms with E-state index in [0.717, 1.165) is 22.6 Å². The third kappa shape index (κ3) is 6.62. The van der Waals surface area contributed by atoms with Crippen molar-refractivity contribution in [1.29, 1.82) is 0 Å². The molecule has 0 atom stereocenters. The number of para-hydroxylation sites is 1. The third-order valence-electron chi connectivity index (χ3n) is 4.52. The molecule has 4 rings (SSSR count). The van der Waals surface area contributed by atoms with Crippen LogP contribution in [0.5, 0.6) is 11.5 Å². The number of ether oxygens (including phenoxy) is 2. The molecule has 0 amide bonds. The summed E-state index contributed by atoms with van der Waals surface area (Å²) < 4.78 is 51.1. The standard InChI is InChI=1S/C18H14ClF3N2O2.C7H6O/c1-25-13-5-4-6-14(10-13)26-11-12-9-17(18(20,21)22)23-24(12)16-8-3-2-7-15(16)19;8-6-7-4-2-1-3-5-7/h2-10H,11H2,1H3;1-6H. The maximum absolute atomic E-state index is 13.1. The van der Waals surface area contributed by atoms with E-state index in [2.05, 4.69) is 5.10 Å². The Morgan fingerprint density at radius 1 is 0.941 bits per heavy atom. The van der Waals surface area contributed by atoms with Gasteiger partial charge in [0.25, 0.3) is 0 Å². The zero-order chi connectivity index (χ0) is 24.6. The summed E-state index contributed by atoms with van der Waals surface area (Å²) in [4.78, 5) is 10.0. The monoisotopic (exact) mass is 488 g/mol. The Morgan fingerprint density at radius 3 is 2.24 bits per heavy atom. The molecule has 0 unspecified atom stereocenters. The van der Waals surface area contributed by atoms with Gasteiger partial charge in [0.15, 0.2) is 5.69 Å². The average Bonchev–Trinajstić information content (AvgIpc) is 3.29. The first kappa shape index (κ1) is 24.9. The summed E-state index contributed by atoms with van der Waals surface area (Å²) in [5.74, 6) is 1.04. The molecule has 1 heterocycles. The van der Waals surface area contributed by atoms with Gasteiger partial charge >= 0.3 is 6.18 Å². The second kappa shape index (κ2) is 11.4. The molecular weight excluding hydrogens is 469 g/mol. The first-order valence-electron chi connectivity index (χ1n) is 10.00. The number of nitrogens with zero attached hydrogens (tertiary/aromatic N) is 2. The quantitative estimate of drug-likeness (QED) is 0.286. The van der Waals surface area contributed by atoms with Crippen molar-refractivity contribution in [2.75, 3.05) is 7.11 Å². The molecule has 0 N–H and O–H groups in total. The number of methoxy groups -OCH3 is 1. The fourth-order valence-electron chi connectivity index (χ4n) is 2.87. The predicted molar refractivity (Wildman–Crippen MR) is 123 cm³/mol. The molecule has 0 saturated heterocycles. The number of hydrogen-bond donors (Lipinski definition) is 0. The maximum Gasteiger partial charge on any atom is 0.435 e. The third-order valence-corrected chi connectivity index (χ3v) is 4.84.